The number of amides is 3. The van der Waals surface area contributed by atoms with Crippen molar-refractivity contribution in [3.63, 3.8) is 0 Å². The number of para-hydroxylation sites is 1. The molecule has 0 aromatic heterocycles. The summed E-state index contributed by atoms with van der Waals surface area (Å²) in [5, 5.41) is 6.42. The summed E-state index contributed by atoms with van der Waals surface area (Å²) in [5.41, 5.74) is 1.38. The molecular weight excluding hydrogens is 390 g/mol. The first-order chi connectivity index (χ1) is 14.9. The lowest BCUT2D eigenvalue weighted by molar-refractivity contribution is -0.142. The number of imide groups is 1. The van der Waals surface area contributed by atoms with E-state index >= 15 is 0 Å². The molecule has 0 saturated carbocycles. The van der Waals surface area contributed by atoms with Gasteiger partial charge in [0, 0.05) is 23.8 Å². The van der Waals surface area contributed by atoms with Gasteiger partial charge in [0.15, 0.2) is 0 Å². The summed E-state index contributed by atoms with van der Waals surface area (Å²) in [4.78, 5) is 41.9. The van der Waals surface area contributed by atoms with E-state index in [1.807, 2.05) is 54.6 Å². The highest BCUT2D eigenvalue weighted by Crippen LogP contribution is 2.53. The average Bonchev–Trinajstić information content (AvgIpc) is 3.32. The molecule has 2 aromatic rings. The van der Waals surface area contributed by atoms with Crippen molar-refractivity contribution in [2.75, 3.05) is 11.9 Å². The van der Waals surface area contributed by atoms with Crippen LogP contribution in [0.5, 0.6) is 0 Å². The van der Waals surface area contributed by atoms with Crippen LogP contribution in [0, 0.1) is 17.8 Å². The number of benzene rings is 2. The van der Waals surface area contributed by atoms with Crippen molar-refractivity contribution in [3.8, 4) is 0 Å². The van der Waals surface area contributed by atoms with Gasteiger partial charge in [-0.25, -0.2) is 0 Å². The lowest BCUT2D eigenvalue weighted by Crippen LogP contribution is -2.53. The van der Waals surface area contributed by atoms with E-state index in [4.69, 9.17) is 0 Å². The van der Waals surface area contributed by atoms with Crippen molar-refractivity contribution in [2.24, 2.45) is 17.8 Å². The minimum absolute atomic E-state index is 0.155. The number of hydrogen-bond acceptors (Lipinski definition) is 4. The Labute approximate surface area is 182 Å². The van der Waals surface area contributed by atoms with Crippen molar-refractivity contribution >= 4 is 23.4 Å². The number of fused-ring (bicyclic) bond motifs is 4. The highest BCUT2D eigenvalue weighted by molar-refractivity contribution is 6.15. The molecule has 2 saturated heterocycles. The third-order valence-corrected chi connectivity index (χ3v) is 6.91. The molecule has 0 aliphatic carbocycles. The second-order valence-electron chi connectivity index (χ2n) is 9.26. The molecular formula is C25H27N3O3. The van der Waals surface area contributed by atoms with Gasteiger partial charge >= 0.3 is 0 Å². The van der Waals surface area contributed by atoms with E-state index in [1.165, 1.54) is 4.90 Å². The third-order valence-electron chi connectivity index (χ3n) is 6.91. The van der Waals surface area contributed by atoms with Crippen LogP contribution in [0.25, 0.3) is 0 Å². The summed E-state index contributed by atoms with van der Waals surface area (Å²) in [5.74, 6) is -1.55. The Morgan fingerprint density at radius 3 is 2.42 bits per heavy atom. The molecule has 6 nitrogen and oxygen atoms in total. The first kappa shape index (κ1) is 19.9. The molecule has 0 bridgehead atoms. The predicted molar refractivity (Wildman–Crippen MR) is 117 cm³/mol. The molecule has 2 fully saturated rings. The number of carbonyl (C=O) groups excluding carboxylic acids is 3. The number of anilines is 1. The van der Waals surface area contributed by atoms with Gasteiger partial charge in [-0.1, -0.05) is 62.4 Å². The summed E-state index contributed by atoms with van der Waals surface area (Å²) in [6, 6.07) is 17.1. The Balaban J connectivity index is 1.53. The predicted octanol–water partition coefficient (Wildman–Crippen LogP) is 2.70. The summed E-state index contributed by atoms with van der Waals surface area (Å²) in [6.07, 6.45) is 1.33. The summed E-state index contributed by atoms with van der Waals surface area (Å²) >= 11 is 0. The van der Waals surface area contributed by atoms with E-state index in [-0.39, 0.29) is 23.8 Å². The fourth-order valence-corrected chi connectivity index (χ4v) is 5.63. The maximum atomic E-state index is 13.7. The van der Waals surface area contributed by atoms with E-state index in [1.54, 1.807) is 0 Å². The fraction of sp³-hybridized carbons (Fsp3) is 0.400. The minimum atomic E-state index is -1.19. The number of nitrogens with zero attached hydrogens (tertiary/aromatic N) is 1. The largest absolute Gasteiger partial charge is 0.324 e. The van der Waals surface area contributed by atoms with E-state index in [0.717, 1.165) is 17.5 Å². The number of rotatable bonds is 5. The Kier molecular flexibility index (Phi) is 4.70. The fourth-order valence-electron chi connectivity index (χ4n) is 5.63. The maximum absolute atomic E-state index is 13.7. The summed E-state index contributed by atoms with van der Waals surface area (Å²) in [7, 11) is 0. The van der Waals surface area contributed by atoms with Crippen molar-refractivity contribution in [1.82, 2.24) is 10.2 Å². The monoisotopic (exact) mass is 417 g/mol. The van der Waals surface area contributed by atoms with Crippen LogP contribution in [0.15, 0.2) is 54.6 Å². The smallest absolute Gasteiger partial charge is 0.250 e. The Morgan fingerprint density at radius 2 is 1.68 bits per heavy atom. The quantitative estimate of drug-likeness (QED) is 0.734. The van der Waals surface area contributed by atoms with E-state index in [0.29, 0.717) is 24.6 Å². The minimum Gasteiger partial charge on any atom is -0.324 e. The molecule has 2 aromatic carbocycles. The number of likely N-dealkylation sites (tertiary alicyclic amines) is 1. The van der Waals surface area contributed by atoms with Crippen LogP contribution in [0.3, 0.4) is 0 Å². The summed E-state index contributed by atoms with van der Waals surface area (Å²) < 4.78 is 0. The zero-order chi connectivity index (χ0) is 21.8. The first-order valence-corrected chi connectivity index (χ1v) is 11.0. The molecule has 3 aliphatic heterocycles. The second kappa shape index (κ2) is 7.31. The van der Waals surface area contributed by atoms with Crippen LogP contribution in [0.2, 0.25) is 0 Å². The lowest BCUT2D eigenvalue weighted by Gasteiger charge is -2.29. The van der Waals surface area contributed by atoms with Crippen LogP contribution in [0.1, 0.15) is 31.4 Å². The first-order valence-electron chi connectivity index (χ1n) is 11.0. The maximum Gasteiger partial charge on any atom is 0.250 e. The Bertz CT molecular complexity index is 1050. The molecule has 2 unspecified atom stereocenters. The molecule has 0 radical (unpaired) electrons. The zero-order valence-electron chi connectivity index (χ0n) is 17.8. The van der Waals surface area contributed by atoms with Gasteiger partial charge in [0.25, 0.3) is 0 Å². The standard InChI is InChI=1S/C25H27N3O3/c1-15(2)14-19-20-21(25(27-19)17-10-6-7-11-18(17)26-24(25)31)23(30)28(22(20)29)13-12-16-8-4-3-5-9-16/h3-11,15,19-21,27H,12-14H2,1-2H3,(H,26,31)/t19?,20-,21+,25?/m1/s1. The van der Waals surface area contributed by atoms with Gasteiger partial charge in [-0.3, -0.25) is 24.6 Å². The van der Waals surface area contributed by atoms with Gasteiger partial charge in [-0.2, -0.15) is 0 Å². The van der Waals surface area contributed by atoms with Crippen LogP contribution in [-0.4, -0.2) is 35.2 Å². The summed E-state index contributed by atoms with van der Waals surface area (Å²) in [6.45, 7) is 4.53. The van der Waals surface area contributed by atoms with Crippen molar-refractivity contribution < 1.29 is 14.4 Å². The Hall–Kier alpha value is -2.99. The molecule has 6 heteroatoms. The van der Waals surface area contributed by atoms with E-state index in [2.05, 4.69) is 24.5 Å². The molecule has 31 heavy (non-hydrogen) atoms. The molecule has 3 aliphatic rings. The van der Waals surface area contributed by atoms with Crippen LogP contribution in [0.4, 0.5) is 5.69 Å². The van der Waals surface area contributed by atoms with Crippen LogP contribution < -0.4 is 10.6 Å². The molecule has 5 rings (SSSR count). The van der Waals surface area contributed by atoms with Gasteiger partial charge in [-0.15, -0.1) is 0 Å². The third kappa shape index (κ3) is 2.92. The number of nitrogens with one attached hydrogen (secondary N) is 2. The molecule has 3 amide bonds. The van der Waals surface area contributed by atoms with Gasteiger partial charge in [0.05, 0.1) is 11.8 Å². The lowest BCUT2D eigenvalue weighted by atomic mass is 9.76. The SMILES string of the molecule is CC(C)CC1NC2(C(=O)Nc3ccccc32)[C@@H]2C(=O)N(CCc3ccccc3)C(=O)[C@H]12. The second-order valence-corrected chi connectivity index (χ2v) is 9.26. The zero-order valence-corrected chi connectivity index (χ0v) is 17.8. The van der Waals surface area contributed by atoms with Crippen molar-refractivity contribution in [1.29, 1.82) is 0 Å². The van der Waals surface area contributed by atoms with Crippen molar-refractivity contribution in [3.05, 3.63) is 65.7 Å². The highest BCUT2D eigenvalue weighted by atomic mass is 16.2. The Morgan fingerprint density at radius 1 is 0.968 bits per heavy atom. The molecule has 160 valence electrons. The van der Waals surface area contributed by atoms with Gasteiger partial charge in [-0.05, 0) is 30.4 Å². The number of hydrogen-bond donors (Lipinski definition) is 2. The average molecular weight is 418 g/mol. The molecule has 3 heterocycles. The molecule has 4 atom stereocenters. The van der Waals surface area contributed by atoms with E-state index in [9.17, 15) is 14.4 Å². The van der Waals surface area contributed by atoms with Gasteiger partial charge < -0.3 is 5.32 Å². The normalized spacial score (nSPS) is 29.1. The molecule has 2 N–H and O–H groups in total. The topological polar surface area (TPSA) is 78.5 Å². The van der Waals surface area contributed by atoms with Crippen LogP contribution >= 0.6 is 0 Å². The molecule has 1 spiro atoms. The van der Waals surface area contributed by atoms with Crippen LogP contribution in [-0.2, 0) is 26.3 Å². The van der Waals surface area contributed by atoms with Crippen molar-refractivity contribution in [2.45, 2.75) is 38.3 Å². The van der Waals surface area contributed by atoms with Gasteiger partial charge in [0.1, 0.15) is 5.54 Å². The van der Waals surface area contributed by atoms with E-state index < -0.39 is 17.4 Å². The van der Waals surface area contributed by atoms with Gasteiger partial charge in [0.2, 0.25) is 17.7 Å². The highest BCUT2D eigenvalue weighted by Gasteiger charge is 2.70. The number of carbonyl (C=O) groups is 3.